The van der Waals surface area contributed by atoms with Gasteiger partial charge in [0, 0.05) is 60.1 Å². The molecule has 6 rings (SSSR count). The summed E-state index contributed by atoms with van der Waals surface area (Å²) in [5.41, 5.74) is -0.853. The second kappa shape index (κ2) is 27.3. The number of ether oxygens (including phenoxy) is 1. The molecule has 0 saturated carbocycles. The Labute approximate surface area is 493 Å². The number of hydrogen-bond donors (Lipinski definition) is 10. The lowest BCUT2D eigenvalue weighted by Crippen LogP contribution is -2.33. The van der Waals surface area contributed by atoms with Crippen LogP contribution in [0.2, 0.25) is 0 Å². The maximum atomic E-state index is 12.9. The standard InChI is InChI=1S/C48H62N5O26P3S4/c1-47(2)37-29-35(85(70,71)72)18-20-39(37)51(25-11-27-83(64,65)66)41(47)14-6-4-7-15-42-48(3,38-30-36(86(73,74)75)19-21-40(38)52(42)26-12-28-84(67,68)69)23-9-5-8-16-43(54)49-24-10-13-33-31-53(46(56)50-45(33)55)44-22-17-34(77-44)32-76-81(60,61)79-82(62,63)78-80(57,58)59/h4,6-7,14-15,18-21,29-31,34,44H,5,8-9,11-12,16-17,22-28,32H2,1-3H3,(H9-,49,50,54,55,56,57,58,59,60,61,62,63,64,65,66,67,68,69,70,71,72,73,74,75)/p+1/t34-,44+,48?/m0/s1. The average molecular weight is 1350 g/mol. The Hall–Kier alpha value is -5.15. The largest absolute Gasteiger partial charge is 0.490 e. The summed E-state index contributed by atoms with van der Waals surface area (Å²) in [4.78, 5) is 77.9. The molecule has 1 saturated heterocycles. The van der Waals surface area contributed by atoms with Gasteiger partial charge in [-0.05, 0) is 94.8 Å². The van der Waals surface area contributed by atoms with Gasteiger partial charge in [0.05, 0.1) is 46.0 Å². The predicted octanol–water partition coefficient (Wildman–Crippen LogP) is 3.88. The number of benzene rings is 2. The normalized spacial score (nSPS) is 20.9. The lowest BCUT2D eigenvalue weighted by molar-refractivity contribution is -0.437. The molecule has 86 heavy (non-hydrogen) atoms. The zero-order valence-electron chi connectivity index (χ0n) is 45.9. The number of unbranched alkanes of at least 4 members (excludes halogenated alkanes) is 2. The highest BCUT2D eigenvalue weighted by molar-refractivity contribution is 7.86. The maximum Gasteiger partial charge on any atom is 0.490 e. The summed E-state index contributed by atoms with van der Waals surface area (Å²) in [5, 5.41) is 2.61. The van der Waals surface area contributed by atoms with Gasteiger partial charge in [0.25, 0.3) is 46.0 Å². The van der Waals surface area contributed by atoms with E-state index < -0.39 is 127 Å². The highest BCUT2D eigenvalue weighted by Gasteiger charge is 2.46. The van der Waals surface area contributed by atoms with Gasteiger partial charge in [-0.15, -0.1) is 0 Å². The molecule has 3 aliphatic heterocycles. The van der Waals surface area contributed by atoms with Gasteiger partial charge in [-0.1, -0.05) is 42.9 Å². The summed E-state index contributed by atoms with van der Waals surface area (Å²) in [6, 6.07) is 7.98. The molecule has 4 heterocycles. The van der Waals surface area contributed by atoms with Gasteiger partial charge < -0.3 is 34.5 Å². The summed E-state index contributed by atoms with van der Waals surface area (Å²) in [6.07, 6.45) is 8.94. The number of carbonyl (C=O) groups is 1. The number of rotatable bonds is 28. The number of hydrogen-bond acceptors (Lipinski definition) is 19. The molecule has 5 atom stereocenters. The minimum atomic E-state index is -5.77. The molecule has 0 aliphatic carbocycles. The Morgan fingerprint density at radius 2 is 1.45 bits per heavy atom. The molecule has 31 nitrogen and oxygen atoms in total. The number of nitrogens with zero attached hydrogens (tertiary/aromatic N) is 3. The first-order chi connectivity index (χ1) is 39.6. The molecule has 1 amide bonds. The van der Waals surface area contributed by atoms with E-state index in [1.165, 1.54) is 36.4 Å². The van der Waals surface area contributed by atoms with Crippen molar-refractivity contribution in [2.75, 3.05) is 42.6 Å². The molecule has 3 unspecified atom stereocenters. The van der Waals surface area contributed by atoms with Crippen molar-refractivity contribution >= 4 is 86.9 Å². The molecule has 0 bridgehead atoms. The van der Waals surface area contributed by atoms with Crippen molar-refractivity contribution in [1.29, 1.82) is 0 Å². The van der Waals surface area contributed by atoms with Crippen molar-refractivity contribution < 1.29 is 112 Å². The number of carbonyl (C=O) groups excluding carboxylic acids is 1. The van der Waals surface area contributed by atoms with E-state index in [4.69, 9.17) is 14.5 Å². The molecule has 1 aromatic heterocycles. The second-order valence-corrected chi connectivity index (χ2v) is 31.0. The number of phosphoric acid groups is 3. The quantitative estimate of drug-likeness (QED) is 0.0123. The number of H-pyrrole nitrogens is 1. The lowest BCUT2D eigenvalue weighted by Gasteiger charge is -2.30. The monoisotopic (exact) mass is 1350 g/mol. The summed E-state index contributed by atoms with van der Waals surface area (Å²) in [6.45, 7) is 4.50. The Bertz CT molecular complexity index is 4070. The highest BCUT2D eigenvalue weighted by atomic mass is 32.2. The fraction of sp³-hybridized carbons (Fsp3) is 0.458. The van der Waals surface area contributed by atoms with Gasteiger partial charge in [-0.2, -0.15) is 46.9 Å². The molecule has 3 aromatic rings. The van der Waals surface area contributed by atoms with Gasteiger partial charge in [0.2, 0.25) is 11.6 Å². The SMILES string of the molecule is CC1(C)C(C=CC=CC=C2N(CCCS(=O)(=O)O)c3ccc(S(=O)(=O)O)cc3C2(C)CCCCCC(=O)NCC#Cc2cn([C@H]3CC[C@@H](COP(=O)(O)OP(=O)(O)OP(=O)(O)O)O3)c(=O)[nH]c2=O)=[N+](CCCS(=O)(=O)O)c2ccc(S(=O)(=O)O)cc21. The highest BCUT2D eigenvalue weighted by Crippen LogP contribution is 2.66. The van der Waals surface area contributed by atoms with Gasteiger partial charge in [0.15, 0.2) is 5.71 Å². The summed E-state index contributed by atoms with van der Waals surface area (Å²) >= 11 is 0. The van der Waals surface area contributed by atoms with Crippen molar-refractivity contribution in [2.45, 2.75) is 112 Å². The van der Waals surface area contributed by atoms with E-state index in [9.17, 15) is 89.7 Å². The van der Waals surface area contributed by atoms with Crippen LogP contribution in [-0.2, 0) is 87.7 Å². The molecule has 0 radical (unpaired) electrons. The van der Waals surface area contributed by atoms with Crippen LogP contribution in [0.15, 0.2) is 98.1 Å². The number of anilines is 1. The number of aromatic nitrogens is 2. The van der Waals surface area contributed by atoms with E-state index in [-0.39, 0.29) is 62.2 Å². The topological polar surface area (TPSA) is 477 Å². The zero-order chi connectivity index (χ0) is 64.1. The van der Waals surface area contributed by atoms with Gasteiger partial charge in [0.1, 0.15) is 18.3 Å². The molecular formula is C48H63N5O26P3S4+. The Kier molecular flexibility index (Phi) is 22.2. The second-order valence-electron chi connectivity index (χ2n) is 20.6. The van der Waals surface area contributed by atoms with Gasteiger partial charge >= 0.3 is 29.2 Å². The molecule has 1 fully saturated rings. The zero-order valence-corrected chi connectivity index (χ0v) is 51.9. The third-order valence-corrected chi connectivity index (χ3v) is 21.0. The van der Waals surface area contributed by atoms with E-state index in [0.29, 0.717) is 59.6 Å². The van der Waals surface area contributed by atoms with E-state index in [2.05, 4.69) is 35.3 Å². The molecule has 0 spiro atoms. The fourth-order valence-electron chi connectivity index (χ4n) is 10.0. The maximum absolute atomic E-state index is 12.9. The molecule has 10 N–H and O–H groups in total. The summed E-state index contributed by atoms with van der Waals surface area (Å²) in [5.74, 6) is 3.57. The van der Waals surface area contributed by atoms with Crippen LogP contribution in [0.3, 0.4) is 0 Å². The molecule has 38 heteroatoms. The van der Waals surface area contributed by atoms with E-state index in [1.807, 2.05) is 6.92 Å². The van der Waals surface area contributed by atoms with Crippen LogP contribution >= 0.6 is 23.5 Å². The summed E-state index contributed by atoms with van der Waals surface area (Å²) in [7, 11) is -34.9. The third kappa shape index (κ3) is 19.2. The Morgan fingerprint density at radius 1 is 0.814 bits per heavy atom. The first kappa shape index (κ1) is 69.9. The Balaban J connectivity index is 1.14. The van der Waals surface area contributed by atoms with Crippen molar-refractivity contribution in [3.05, 3.63) is 116 Å². The fourth-order valence-corrected chi connectivity index (χ4v) is 15.1. The number of allylic oxidation sites excluding steroid dienone is 6. The van der Waals surface area contributed by atoms with Crippen molar-refractivity contribution in [1.82, 2.24) is 14.9 Å². The van der Waals surface area contributed by atoms with Crippen LogP contribution in [0.25, 0.3) is 0 Å². The number of nitrogens with one attached hydrogen (secondary N) is 2. The van der Waals surface area contributed by atoms with Gasteiger partial charge in [-0.3, -0.25) is 41.9 Å². The molecule has 2 aromatic carbocycles. The van der Waals surface area contributed by atoms with Crippen LogP contribution in [0.4, 0.5) is 11.4 Å². The number of amides is 1. The molecule has 474 valence electrons. The third-order valence-electron chi connectivity index (χ3n) is 13.8. The van der Waals surface area contributed by atoms with Gasteiger partial charge in [-0.25, -0.2) is 18.5 Å². The lowest BCUT2D eigenvalue weighted by atomic mass is 9.77. The number of aromatic amines is 1. The van der Waals surface area contributed by atoms with Crippen molar-refractivity contribution in [3.63, 3.8) is 0 Å². The van der Waals surface area contributed by atoms with Crippen LogP contribution in [-0.4, -0.2) is 141 Å². The minimum absolute atomic E-state index is 0.00960. The van der Waals surface area contributed by atoms with E-state index in [0.717, 1.165) is 10.8 Å². The predicted molar refractivity (Wildman–Crippen MR) is 306 cm³/mol. The van der Waals surface area contributed by atoms with Crippen LogP contribution < -0.4 is 21.5 Å². The molecule has 3 aliphatic rings. The number of phosphoric ester groups is 1. The molecular weight excluding hydrogens is 1280 g/mol. The van der Waals surface area contributed by atoms with Crippen molar-refractivity contribution in [2.24, 2.45) is 0 Å². The Morgan fingerprint density at radius 3 is 2.09 bits per heavy atom. The minimum Gasteiger partial charge on any atom is -0.352 e. The number of fused-ring (bicyclic) bond motifs is 2. The van der Waals surface area contributed by atoms with E-state index >= 15 is 0 Å². The first-order valence-corrected chi connectivity index (χ1v) is 36.4. The van der Waals surface area contributed by atoms with Crippen LogP contribution in [0, 0.1) is 11.8 Å². The van der Waals surface area contributed by atoms with Crippen molar-refractivity contribution in [3.8, 4) is 11.8 Å². The van der Waals surface area contributed by atoms with Crippen LogP contribution in [0.1, 0.15) is 101 Å². The smallest absolute Gasteiger partial charge is 0.352 e. The summed E-state index contributed by atoms with van der Waals surface area (Å²) < 4.78 is 190. The average Bonchev–Trinajstić information content (AvgIpc) is 1.61. The van der Waals surface area contributed by atoms with Crippen LogP contribution in [0.5, 0.6) is 0 Å². The first-order valence-electron chi connectivity index (χ1n) is 25.8. The van der Waals surface area contributed by atoms with E-state index in [1.54, 1.807) is 53.7 Å².